The van der Waals surface area contributed by atoms with E-state index in [9.17, 15) is 4.79 Å². The predicted octanol–water partition coefficient (Wildman–Crippen LogP) is -1.06. The van der Waals surface area contributed by atoms with E-state index in [0.29, 0.717) is 31.4 Å². The molecule has 110 valence electrons. The van der Waals surface area contributed by atoms with Crippen molar-refractivity contribution >= 4 is 23.8 Å². The molecule has 1 fully saturated rings. The lowest BCUT2D eigenvalue weighted by atomic mass is 10.1. The predicted molar refractivity (Wildman–Crippen MR) is 76.4 cm³/mol. The van der Waals surface area contributed by atoms with Gasteiger partial charge < -0.3 is 15.1 Å². The Hall–Kier alpha value is -2.16. The van der Waals surface area contributed by atoms with Crippen molar-refractivity contribution in [2.24, 2.45) is 5.84 Å². The Morgan fingerprint density at radius 1 is 1.45 bits per heavy atom. The maximum atomic E-state index is 11.9. The summed E-state index contributed by atoms with van der Waals surface area (Å²) in [6, 6.07) is -0.271. The van der Waals surface area contributed by atoms with Crippen LogP contribution in [0.4, 0.5) is 17.8 Å². The summed E-state index contributed by atoms with van der Waals surface area (Å²) in [5.41, 5.74) is 2.43. The number of nitrogens with two attached hydrogens (primary N) is 1. The van der Waals surface area contributed by atoms with Gasteiger partial charge in [-0.2, -0.15) is 15.0 Å². The maximum Gasteiger partial charge on any atom is 0.243 e. The Labute approximate surface area is 117 Å². The van der Waals surface area contributed by atoms with Crippen LogP contribution in [-0.2, 0) is 4.79 Å². The molecular formula is C11H20N8O. The third kappa shape index (κ3) is 2.72. The van der Waals surface area contributed by atoms with Crippen molar-refractivity contribution in [1.29, 1.82) is 0 Å². The molecule has 0 bridgehead atoms. The fourth-order valence-corrected chi connectivity index (χ4v) is 2.11. The van der Waals surface area contributed by atoms with Crippen LogP contribution in [0.25, 0.3) is 0 Å². The Balaban J connectivity index is 2.39. The molecule has 0 aromatic carbocycles. The van der Waals surface area contributed by atoms with Crippen molar-refractivity contribution in [2.45, 2.75) is 19.4 Å². The highest BCUT2D eigenvalue weighted by atomic mass is 16.2. The summed E-state index contributed by atoms with van der Waals surface area (Å²) in [6.45, 7) is 3.19. The molecule has 1 aliphatic rings. The topological polar surface area (TPSA) is 112 Å². The molecule has 0 aliphatic carbocycles. The van der Waals surface area contributed by atoms with Crippen LogP contribution in [0.15, 0.2) is 0 Å². The third-order valence-electron chi connectivity index (χ3n) is 3.12. The molecule has 1 saturated heterocycles. The SMILES string of the molecule is CCC1C(=O)NCCN1c1nc(NN)nc(N(C)C)n1. The van der Waals surface area contributed by atoms with E-state index in [1.807, 2.05) is 25.9 Å². The molecule has 20 heavy (non-hydrogen) atoms. The second kappa shape index (κ2) is 5.87. The van der Waals surface area contributed by atoms with Crippen LogP contribution in [0.5, 0.6) is 0 Å². The Morgan fingerprint density at radius 3 is 2.80 bits per heavy atom. The lowest BCUT2D eigenvalue weighted by Gasteiger charge is -2.34. The van der Waals surface area contributed by atoms with Gasteiger partial charge in [0, 0.05) is 27.2 Å². The van der Waals surface area contributed by atoms with Gasteiger partial charge in [0.1, 0.15) is 6.04 Å². The van der Waals surface area contributed by atoms with Gasteiger partial charge in [0.2, 0.25) is 23.8 Å². The first-order valence-electron chi connectivity index (χ1n) is 6.51. The van der Waals surface area contributed by atoms with Gasteiger partial charge >= 0.3 is 0 Å². The number of nitrogens with zero attached hydrogens (tertiary/aromatic N) is 5. The van der Waals surface area contributed by atoms with Gasteiger partial charge in [-0.1, -0.05) is 6.92 Å². The lowest BCUT2D eigenvalue weighted by molar-refractivity contribution is -0.123. The molecule has 0 spiro atoms. The third-order valence-corrected chi connectivity index (χ3v) is 3.12. The van der Waals surface area contributed by atoms with E-state index in [2.05, 4.69) is 25.7 Å². The molecule has 1 atom stereocenters. The number of hydrogen-bond acceptors (Lipinski definition) is 8. The van der Waals surface area contributed by atoms with Gasteiger partial charge in [-0.3, -0.25) is 10.2 Å². The van der Waals surface area contributed by atoms with Crippen molar-refractivity contribution in [3.63, 3.8) is 0 Å². The Kier molecular flexibility index (Phi) is 4.18. The summed E-state index contributed by atoms with van der Waals surface area (Å²) in [4.78, 5) is 28.4. The number of aromatic nitrogens is 3. The summed E-state index contributed by atoms with van der Waals surface area (Å²) in [5, 5.41) is 2.85. The van der Waals surface area contributed by atoms with Gasteiger partial charge in [0.15, 0.2) is 0 Å². The second-order valence-electron chi connectivity index (χ2n) is 4.71. The number of anilines is 3. The molecule has 1 unspecified atom stereocenters. The summed E-state index contributed by atoms with van der Waals surface area (Å²) in [5.74, 6) is 6.61. The van der Waals surface area contributed by atoms with E-state index in [1.54, 1.807) is 4.90 Å². The van der Waals surface area contributed by atoms with Gasteiger partial charge in [-0.25, -0.2) is 5.84 Å². The van der Waals surface area contributed by atoms with Crippen molar-refractivity contribution in [1.82, 2.24) is 20.3 Å². The second-order valence-corrected chi connectivity index (χ2v) is 4.71. The highest BCUT2D eigenvalue weighted by Crippen LogP contribution is 2.19. The molecule has 9 nitrogen and oxygen atoms in total. The van der Waals surface area contributed by atoms with E-state index >= 15 is 0 Å². The molecule has 0 saturated carbocycles. The number of amides is 1. The fraction of sp³-hybridized carbons (Fsp3) is 0.636. The van der Waals surface area contributed by atoms with Crippen molar-refractivity contribution in [3.8, 4) is 0 Å². The van der Waals surface area contributed by atoms with E-state index in [4.69, 9.17) is 5.84 Å². The van der Waals surface area contributed by atoms with Crippen molar-refractivity contribution in [2.75, 3.05) is 42.4 Å². The summed E-state index contributed by atoms with van der Waals surface area (Å²) in [6.07, 6.45) is 0.681. The number of nitrogen functional groups attached to an aromatic ring is 1. The van der Waals surface area contributed by atoms with Gasteiger partial charge in [0.25, 0.3) is 0 Å². The van der Waals surface area contributed by atoms with E-state index in [-0.39, 0.29) is 17.9 Å². The smallest absolute Gasteiger partial charge is 0.243 e. The van der Waals surface area contributed by atoms with Crippen LogP contribution >= 0.6 is 0 Å². The highest BCUT2D eigenvalue weighted by Gasteiger charge is 2.30. The average Bonchev–Trinajstić information content (AvgIpc) is 2.46. The van der Waals surface area contributed by atoms with Crippen LogP contribution in [0.1, 0.15) is 13.3 Å². The molecule has 2 rings (SSSR count). The number of rotatable bonds is 4. The minimum absolute atomic E-state index is 0.00665. The van der Waals surface area contributed by atoms with Gasteiger partial charge in [-0.15, -0.1) is 0 Å². The number of carbonyl (C=O) groups excluding carboxylic acids is 1. The van der Waals surface area contributed by atoms with Crippen LogP contribution in [0.2, 0.25) is 0 Å². The molecule has 9 heteroatoms. The van der Waals surface area contributed by atoms with E-state index in [0.717, 1.165) is 0 Å². The Morgan fingerprint density at radius 2 is 2.20 bits per heavy atom. The standard InChI is InChI=1S/C11H20N8O/c1-4-7-8(20)13-5-6-19(7)11-15-9(17-12)14-10(16-11)18(2)3/h7H,4-6,12H2,1-3H3,(H,13,20)(H,14,15,16,17). The zero-order valence-corrected chi connectivity index (χ0v) is 11.9. The van der Waals surface area contributed by atoms with Crippen molar-refractivity contribution in [3.05, 3.63) is 0 Å². The number of hydrazine groups is 1. The number of piperazine rings is 1. The first kappa shape index (κ1) is 14.3. The van der Waals surface area contributed by atoms with E-state index < -0.39 is 0 Å². The highest BCUT2D eigenvalue weighted by molar-refractivity contribution is 5.85. The molecular weight excluding hydrogens is 260 g/mol. The van der Waals surface area contributed by atoms with Crippen molar-refractivity contribution < 1.29 is 4.79 Å². The first-order chi connectivity index (χ1) is 9.56. The average molecular weight is 280 g/mol. The zero-order valence-electron chi connectivity index (χ0n) is 11.9. The number of nitrogens with one attached hydrogen (secondary N) is 2. The monoisotopic (exact) mass is 280 g/mol. The number of carbonyl (C=O) groups is 1. The number of hydrogen-bond donors (Lipinski definition) is 3. The molecule has 1 amide bonds. The van der Waals surface area contributed by atoms with E-state index in [1.165, 1.54) is 0 Å². The maximum absolute atomic E-state index is 11.9. The molecule has 1 aliphatic heterocycles. The zero-order chi connectivity index (χ0) is 14.7. The minimum Gasteiger partial charge on any atom is -0.353 e. The summed E-state index contributed by atoms with van der Waals surface area (Å²) in [7, 11) is 3.67. The normalized spacial score (nSPS) is 18.7. The van der Waals surface area contributed by atoms with Gasteiger partial charge in [-0.05, 0) is 6.42 Å². The molecule has 4 N–H and O–H groups in total. The minimum atomic E-state index is -0.271. The van der Waals surface area contributed by atoms with Gasteiger partial charge in [0.05, 0.1) is 0 Å². The summed E-state index contributed by atoms with van der Waals surface area (Å²) < 4.78 is 0. The first-order valence-corrected chi connectivity index (χ1v) is 6.51. The Bertz CT molecular complexity index is 491. The molecule has 1 aromatic heterocycles. The molecule has 1 aromatic rings. The van der Waals surface area contributed by atoms with Crippen LogP contribution in [0, 0.1) is 0 Å². The largest absolute Gasteiger partial charge is 0.353 e. The van der Waals surface area contributed by atoms with Crippen LogP contribution in [-0.4, -0.2) is 54.1 Å². The quantitative estimate of drug-likeness (QED) is 0.472. The van der Waals surface area contributed by atoms with Crippen LogP contribution in [0.3, 0.4) is 0 Å². The summed E-state index contributed by atoms with van der Waals surface area (Å²) >= 11 is 0. The van der Waals surface area contributed by atoms with Crippen LogP contribution < -0.4 is 26.4 Å². The molecule has 2 heterocycles. The lowest BCUT2D eigenvalue weighted by Crippen LogP contribution is -2.55. The fourth-order valence-electron chi connectivity index (χ4n) is 2.11. The molecule has 0 radical (unpaired) electrons.